The van der Waals surface area contributed by atoms with Crippen LogP contribution in [0.5, 0.6) is 0 Å². The van der Waals surface area contributed by atoms with Gasteiger partial charge in [0.2, 0.25) is 11.8 Å². The fourth-order valence-electron chi connectivity index (χ4n) is 2.83. The van der Waals surface area contributed by atoms with E-state index in [1.165, 1.54) is 12.1 Å². The highest BCUT2D eigenvalue weighted by molar-refractivity contribution is 6.53. The summed E-state index contributed by atoms with van der Waals surface area (Å²) in [5.74, 6) is -2.29. The molecule has 2 aromatic rings. The molecule has 1 aliphatic carbocycles. The van der Waals surface area contributed by atoms with E-state index in [2.05, 4.69) is 5.32 Å². The first-order valence-electron chi connectivity index (χ1n) is 7.35. The van der Waals surface area contributed by atoms with Crippen LogP contribution in [0.3, 0.4) is 0 Å². The number of nitrogens with one attached hydrogen (secondary N) is 1. The summed E-state index contributed by atoms with van der Waals surface area (Å²) in [6.45, 7) is 0. The van der Waals surface area contributed by atoms with Crippen molar-refractivity contribution in [1.82, 2.24) is 0 Å². The van der Waals surface area contributed by atoms with Crippen molar-refractivity contribution in [2.45, 2.75) is 10.3 Å². The van der Waals surface area contributed by atoms with Crippen molar-refractivity contribution >= 4 is 75.5 Å². The normalized spacial score (nSPS) is 20.5. The third-order valence-electron chi connectivity index (χ3n) is 4.08. The number of primary amides is 1. The Morgan fingerprint density at radius 1 is 1.00 bits per heavy atom. The van der Waals surface area contributed by atoms with Gasteiger partial charge in [0, 0.05) is 21.7 Å². The molecule has 26 heavy (non-hydrogen) atoms. The second-order valence-corrected chi connectivity index (χ2v) is 8.61. The first kappa shape index (κ1) is 19.6. The van der Waals surface area contributed by atoms with Crippen LogP contribution >= 0.6 is 58.0 Å². The monoisotopic (exact) mass is 450 g/mol. The number of halogens is 5. The molecule has 0 aliphatic heterocycles. The molecule has 0 unspecified atom stereocenters. The second-order valence-electron chi connectivity index (χ2n) is 5.88. The minimum absolute atomic E-state index is 0.0986. The Morgan fingerprint density at radius 3 is 2.19 bits per heavy atom. The molecule has 0 bridgehead atoms. The highest BCUT2D eigenvalue weighted by Gasteiger charge is 2.67. The lowest BCUT2D eigenvalue weighted by molar-refractivity contribution is -0.117. The third kappa shape index (κ3) is 3.75. The molecule has 2 atom stereocenters. The average Bonchev–Trinajstić information content (AvgIpc) is 3.10. The Bertz CT molecular complexity index is 896. The van der Waals surface area contributed by atoms with Crippen LogP contribution in [0.15, 0.2) is 36.4 Å². The number of rotatable bonds is 4. The SMILES string of the molecule is NC(=O)c1cc(NC(=O)[C@H]2[C@H](c3cc(Cl)cc(Cl)c3)C2(Cl)Cl)ccc1Cl. The summed E-state index contributed by atoms with van der Waals surface area (Å²) in [6.07, 6.45) is 0. The molecule has 0 heterocycles. The Kier molecular flexibility index (Phi) is 5.35. The van der Waals surface area contributed by atoms with Crippen molar-refractivity contribution in [3.05, 3.63) is 62.6 Å². The Morgan fingerprint density at radius 2 is 1.62 bits per heavy atom. The van der Waals surface area contributed by atoms with E-state index >= 15 is 0 Å². The maximum absolute atomic E-state index is 12.6. The van der Waals surface area contributed by atoms with Crippen molar-refractivity contribution in [2.24, 2.45) is 11.7 Å². The summed E-state index contributed by atoms with van der Waals surface area (Å²) in [7, 11) is 0. The van der Waals surface area contributed by atoms with Gasteiger partial charge in [0.05, 0.1) is 16.5 Å². The molecule has 2 aromatic carbocycles. The van der Waals surface area contributed by atoms with Crippen molar-refractivity contribution in [1.29, 1.82) is 0 Å². The quantitative estimate of drug-likeness (QED) is 0.620. The zero-order valence-corrected chi connectivity index (χ0v) is 16.7. The van der Waals surface area contributed by atoms with Gasteiger partial charge in [-0.3, -0.25) is 9.59 Å². The third-order valence-corrected chi connectivity index (χ3v) is 5.79. The Hall–Kier alpha value is -1.17. The molecule has 2 amide bonds. The van der Waals surface area contributed by atoms with E-state index in [1.807, 2.05) is 0 Å². The maximum Gasteiger partial charge on any atom is 0.250 e. The van der Waals surface area contributed by atoms with Gasteiger partial charge in [-0.15, -0.1) is 23.2 Å². The van der Waals surface area contributed by atoms with Gasteiger partial charge >= 0.3 is 0 Å². The molecule has 1 fully saturated rings. The summed E-state index contributed by atoms with van der Waals surface area (Å²) in [4.78, 5) is 24.0. The highest BCUT2D eigenvalue weighted by atomic mass is 35.5. The van der Waals surface area contributed by atoms with E-state index in [4.69, 9.17) is 63.7 Å². The molecule has 1 saturated carbocycles. The van der Waals surface area contributed by atoms with Crippen LogP contribution in [0.1, 0.15) is 21.8 Å². The smallest absolute Gasteiger partial charge is 0.250 e. The minimum Gasteiger partial charge on any atom is -0.366 e. The van der Waals surface area contributed by atoms with Crippen LogP contribution < -0.4 is 11.1 Å². The molecule has 9 heteroatoms. The summed E-state index contributed by atoms with van der Waals surface area (Å²) in [5, 5.41) is 3.71. The van der Waals surface area contributed by atoms with E-state index in [-0.39, 0.29) is 10.6 Å². The minimum atomic E-state index is -1.29. The zero-order valence-electron chi connectivity index (χ0n) is 12.9. The van der Waals surface area contributed by atoms with Crippen LogP contribution in [0.2, 0.25) is 15.1 Å². The molecular weight excluding hydrogens is 441 g/mol. The van der Waals surface area contributed by atoms with Gasteiger partial charge in [0.25, 0.3) is 0 Å². The number of nitrogens with two attached hydrogens (primary N) is 1. The number of alkyl halides is 2. The molecule has 0 radical (unpaired) electrons. The molecule has 3 N–H and O–H groups in total. The zero-order chi connectivity index (χ0) is 19.2. The van der Waals surface area contributed by atoms with Crippen molar-refractivity contribution in [3.63, 3.8) is 0 Å². The van der Waals surface area contributed by atoms with E-state index < -0.39 is 28.0 Å². The lowest BCUT2D eigenvalue weighted by Crippen LogP contribution is -2.18. The van der Waals surface area contributed by atoms with Crippen LogP contribution in [0.4, 0.5) is 5.69 Å². The Balaban J connectivity index is 1.82. The van der Waals surface area contributed by atoms with Crippen LogP contribution in [-0.4, -0.2) is 16.1 Å². The largest absolute Gasteiger partial charge is 0.366 e. The van der Waals surface area contributed by atoms with Gasteiger partial charge in [-0.1, -0.05) is 34.8 Å². The molecule has 3 rings (SSSR count). The van der Waals surface area contributed by atoms with Crippen molar-refractivity contribution < 1.29 is 9.59 Å². The second kappa shape index (κ2) is 7.10. The summed E-state index contributed by atoms with van der Waals surface area (Å²) >= 11 is 30.5. The summed E-state index contributed by atoms with van der Waals surface area (Å²) < 4.78 is -1.29. The predicted molar refractivity (Wildman–Crippen MR) is 106 cm³/mol. The van der Waals surface area contributed by atoms with E-state index in [0.29, 0.717) is 21.3 Å². The van der Waals surface area contributed by atoms with E-state index in [1.54, 1.807) is 24.3 Å². The number of hydrogen-bond donors (Lipinski definition) is 2. The van der Waals surface area contributed by atoms with Crippen molar-refractivity contribution in [2.75, 3.05) is 5.32 Å². The summed E-state index contributed by atoms with van der Waals surface area (Å²) in [6, 6.07) is 9.31. The van der Waals surface area contributed by atoms with Crippen LogP contribution in [-0.2, 0) is 4.79 Å². The first-order valence-corrected chi connectivity index (χ1v) is 9.24. The fourth-order valence-corrected chi connectivity index (χ4v) is 4.42. The number of carbonyl (C=O) groups is 2. The molecule has 0 saturated heterocycles. The first-order chi connectivity index (χ1) is 12.1. The molecule has 0 spiro atoms. The van der Waals surface area contributed by atoms with Gasteiger partial charge < -0.3 is 11.1 Å². The number of carbonyl (C=O) groups excluding carboxylic acids is 2. The van der Waals surface area contributed by atoms with Gasteiger partial charge in [0.15, 0.2) is 0 Å². The van der Waals surface area contributed by atoms with Gasteiger partial charge in [-0.05, 0) is 42.0 Å². The average molecular weight is 453 g/mol. The van der Waals surface area contributed by atoms with E-state index in [9.17, 15) is 9.59 Å². The highest BCUT2D eigenvalue weighted by Crippen LogP contribution is 2.65. The van der Waals surface area contributed by atoms with E-state index in [0.717, 1.165) is 0 Å². The fraction of sp³-hybridized carbons (Fsp3) is 0.176. The van der Waals surface area contributed by atoms with Crippen LogP contribution in [0.25, 0.3) is 0 Å². The van der Waals surface area contributed by atoms with Crippen LogP contribution in [0, 0.1) is 5.92 Å². The number of anilines is 1. The molecule has 136 valence electrons. The number of hydrogen-bond acceptors (Lipinski definition) is 2. The van der Waals surface area contributed by atoms with Gasteiger partial charge in [0.1, 0.15) is 4.33 Å². The standard InChI is InChI=1S/C17H11Cl5N2O2/c18-8-3-7(4-9(19)5-8)13-14(17(13,21)22)16(26)24-10-1-2-12(20)11(6-10)15(23)25/h1-6,13-14H,(H2,23,25)(H,24,26)/t13-,14+/m0/s1. The maximum atomic E-state index is 12.6. The molecular formula is C17H11Cl5N2O2. The molecule has 4 nitrogen and oxygen atoms in total. The predicted octanol–water partition coefficient (Wildman–Crippen LogP) is 5.27. The lowest BCUT2D eigenvalue weighted by Gasteiger charge is -2.07. The van der Waals surface area contributed by atoms with Gasteiger partial charge in [-0.25, -0.2) is 0 Å². The molecule has 1 aliphatic rings. The molecule has 0 aromatic heterocycles. The van der Waals surface area contributed by atoms with Gasteiger partial charge in [-0.2, -0.15) is 0 Å². The Labute approximate surface area is 174 Å². The number of benzene rings is 2. The lowest BCUT2D eigenvalue weighted by atomic mass is 10.1. The topological polar surface area (TPSA) is 72.2 Å². The number of amides is 2. The van der Waals surface area contributed by atoms with Crippen molar-refractivity contribution in [3.8, 4) is 0 Å². The summed E-state index contributed by atoms with van der Waals surface area (Å²) in [5.41, 5.74) is 6.37.